The number of anilines is 1. The first-order valence-corrected chi connectivity index (χ1v) is 14.2. The molecule has 1 aliphatic rings. The number of nitrogens with two attached hydrogens (primary N) is 1. The molecule has 0 saturated carbocycles. The predicted molar refractivity (Wildman–Crippen MR) is 155 cm³/mol. The molecular weight excluding hydrogens is 567 g/mol. The van der Waals surface area contributed by atoms with E-state index in [1.165, 1.54) is 17.7 Å². The van der Waals surface area contributed by atoms with E-state index in [1.807, 2.05) is 26.0 Å². The van der Waals surface area contributed by atoms with E-state index in [0.717, 1.165) is 29.4 Å². The minimum Gasteiger partial charge on any atom is -0.496 e. The van der Waals surface area contributed by atoms with Gasteiger partial charge in [-0.3, -0.25) is 14.4 Å². The largest absolute Gasteiger partial charge is 0.496 e. The van der Waals surface area contributed by atoms with Gasteiger partial charge in [-0.25, -0.2) is 14.6 Å². The molecule has 2 N–H and O–H groups in total. The fraction of sp³-hybridized carbons (Fsp3) is 0.500. The van der Waals surface area contributed by atoms with Gasteiger partial charge in [-0.1, -0.05) is 13.3 Å². The highest BCUT2D eigenvalue weighted by atomic mass is 19.4. The summed E-state index contributed by atoms with van der Waals surface area (Å²) in [6, 6.07) is 6.43. The van der Waals surface area contributed by atoms with Crippen LogP contribution in [0, 0.1) is 6.92 Å². The van der Waals surface area contributed by atoms with Crippen molar-refractivity contribution in [3.63, 3.8) is 0 Å². The third-order valence-electron chi connectivity index (χ3n) is 7.71. The maximum Gasteiger partial charge on any atom is 0.418 e. The summed E-state index contributed by atoms with van der Waals surface area (Å²) >= 11 is 0. The molecule has 0 radical (unpaired) electrons. The van der Waals surface area contributed by atoms with Gasteiger partial charge < -0.3 is 19.9 Å². The lowest BCUT2D eigenvalue weighted by molar-refractivity contribution is -0.139. The van der Waals surface area contributed by atoms with Crippen molar-refractivity contribution >= 4 is 28.8 Å². The smallest absolute Gasteiger partial charge is 0.418 e. The second-order valence-corrected chi connectivity index (χ2v) is 10.6. The average molecular weight is 606 g/mol. The second kappa shape index (κ2) is 13.6. The van der Waals surface area contributed by atoms with Crippen LogP contribution in [0.15, 0.2) is 30.5 Å². The van der Waals surface area contributed by atoms with Gasteiger partial charge in [0.1, 0.15) is 17.1 Å². The molecule has 3 heterocycles. The lowest BCUT2D eigenvalue weighted by atomic mass is 10.0. The Balaban J connectivity index is 1.71. The van der Waals surface area contributed by atoms with Gasteiger partial charge in [0.25, 0.3) is 0 Å². The van der Waals surface area contributed by atoms with Gasteiger partial charge in [0.05, 0.1) is 44.5 Å². The SMILES string of the molecule is CCCCOC(=O)n1ccc2c(CN3CCN(CCC(F)(F)F)CC3c3ccc(C(=O)OC)c(N)n3)c(OC)cc(C)c21. The number of carbonyl (C=O) groups excluding carboxylic acids is 2. The molecule has 1 atom stereocenters. The molecule has 1 aliphatic heterocycles. The fourth-order valence-corrected chi connectivity index (χ4v) is 5.43. The Kier molecular flexibility index (Phi) is 10.2. The van der Waals surface area contributed by atoms with Crippen LogP contribution in [-0.2, 0) is 16.0 Å². The van der Waals surface area contributed by atoms with E-state index in [2.05, 4.69) is 9.88 Å². The average Bonchev–Trinajstić information content (AvgIpc) is 3.43. The predicted octanol–water partition coefficient (Wildman–Crippen LogP) is 5.32. The number of unbranched alkanes of at least 4 members (excludes halogenated alkanes) is 1. The number of hydrogen-bond donors (Lipinski definition) is 1. The van der Waals surface area contributed by atoms with Crippen molar-refractivity contribution in [3.05, 3.63) is 52.8 Å². The minimum absolute atomic E-state index is 0.0225. The normalized spacial score (nSPS) is 16.4. The molecule has 1 saturated heterocycles. The zero-order chi connectivity index (χ0) is 31.3. The van der Waals surface area contributed by atoms with E-state index < -0.39 is 30.7 Å². The number of hydrogen-bond acceptors (Lipinski definition) is 9. The van der Waals surface area contributed by atoms with Gasteiger partial charge in [0.15, 0.2) is 0 Å². The first-order valence-electron chi connectivity index (χ1n) is 14.2. The van der Waals surface area contributed by atoms with Crippen LogP contribution in [0.2, 0.25) is 0 Å². The third-order valence-corrected chi connectivity index (χ3v) is 7.71. The molecule has 4 rings (SSSR count). The molecule has 2 aromatic heterocycles. The number of pyridine rings is 1. The summed E-state index contributed by atoms with van der Waals surface area (Å²) < 4.78 is 56.6. The van der Waals surface area contributed by atoms with Gasteiger partial charge in [-0.15, -0.1) is 0 Å². The number of nitrogens with zero attached hydrogens (tertiary/aromatic N) is 4. The summed E-state index contributed by atoms with van der Waals surface area (Å²) in [5.74, 6) is -0.0343. The van der Waals surface area contributed by atoms with Gasteiger partial charge in [-0.2, -0.15) is 13.2 Å². The van der Waals surface area contributed by atoms with Crippen molar-refractivity contribution in [2.45, 2.75) is 51.9 Å². The van der Waals surface area contributed by atoms with E-state index in [-0.39, 0.29) is 24.5 Å². The number of benzene rings is 1. The Morgan fingerprint density at radius 1 is 1.16 bits per heavy atom. The summed E-state index contributed by atoms with van der Waals surface area (Å²) in [5.41, 5.74) is 9.07. The number of ether oxygens (including phenoxy) is 3. The number of fused-ring (bicyclic) bond motifs is 1. The van der Waals surface area contributed by atoms with Gasteiger partial charge >= 0.3 is 18.2 Å². The minimum atomic E-state index is -4.27. The summed E-state index contributed by atoms with van der Waals surface area (Å²) in [6.45, 7) is 5.54. The number of methoxy groups -OCH3 is 2. The number of halogens is 3. The van der Waals surface area contributed by atoms with Gasteiger partial charge in [0.2, 0.25) is 0 Å². The Morgan fingerprint density at radius 3 is 2.58 bits per heavy atom. The van der Waals surface area contributed by atoms with Crippen LogP contribution in [0.1, 0.15) is 59.4 Å². The zero-order valence-electron chi connectivity index (χ0n) is 24.9. The van der Waals surface area contributed by atoms with Crippen molar-refractivity contribution in [2.75, 3.05) is 52.7 Å². The van der Waals surface area contributed by atoms with Crippen LogP contribution in [-0.4, -0.2) is 84.6 Å². The number of aryl methyl sites for hydroxylation is 1. The number of nitrogen functional groups attached to an aromatic ring is 1. The summed E-state index contributed by atoms with van der Waals surface area (Å²) in [5, 5.41) is 0.802. The quantitative estimate of drug-likeness (QED) is 0.242. The molecule has 10 nitrogen and oxygen atoms in total. The van der Waals surface area contributed by atoms with Crippen molar-refractivity contribution in [1.29, 1.82) is 0 Å². The van der Waals surface area contributed by atoms with Crippen LogP contribution in [0.5, 0.6) is 5.75 Å². The van der Waals surface area contributed by atoms with Crippen molar-refractivity contribution in [2.24, 2.45) is 0 Å². The number of esters is 1. The first-order chi connectivity index (χ1) is 20.5. The molecule has 0 amide bonds. The monoisotopic (exact) mass is 605 g/mol. The molecule has 1 fully saturated rings. The molecule has 13 heteroatoms. The van der Waals surface area contributed by atoms with Crippen molar-refractivity contribution in [1.82, 2.24) is 19.4 Å². The van der Waals surface area contributed by atoms with E-state index in [0.29, 0.717) is 43.2 Å². The molecule has 0 aliphatic carbocycles. The summed E-state index contributed by atoms with van der Waals surface area (Å²) in [4.78, 5) is 33.3. The standard InChI is InChI=1S/C30H38F3N5O5/c1-5-6-15-43-29(40)38-11-9-20-22(25(41-3)16-19(2)26(20)38)17-37-14-13-36(12-10-30(31,32)33)18-24(37)23-8-7-21(27(34)35-23)28(39)42-4/h7-9,11,16,24H,5-6,10,12-15,17-18H2,1-4H3,(H2,34,35). The Hall–Kier alpha value is -3.84. The molecule has 1 aromatic carbocycles. The van der Waals surface area contributed by atoms with Crippen LogP contribution in [0.25, 0.3) is 10.9 Å². The molecular formula is C30H38F3N5O5. The molecule has 1 unspecified atom stereocenters. The molecule has 3 aromatic rings. The van der Waals surface area contributed by atoms with E-state index in [9.17, 15) is 22.8 Å². The van der Waals surface area contributed by atoms with Gasteiger partial charge in [0, 0.05) is 49.9 Å². The van der Waals surface area contributed by atoms with Crippen LogP contribution < -0.4 is 10.5 Å². The van der Waals surface area contributed by atoms with E-state index >= 15 is 0 Å². The number of carbonyl (C=O) groups is 2. The lowest BCUT2D eigenvalue weighted by Crippen LogP contribution is -2.49. The molecule has 234 valence electrons. The van der Waals surface area contributed by atoms with E-state index in [4.69, 9.17) is 19.9 Å². The number of rotatable bonds is 10. The van der Waals surface area contributed by atoms with Crippen LogP contribution in [0.3, 0.4) is 0 Å². The summed E-state index contributed by atoms with van der Waals surface area (Å²) in [7, 11) is 2.81. The first kappa shape index (κ1) is 32.1. The highest BCUT2D eigenvalue weighted by Gasteiger charge is 2.34. The topological polar surface area (TPSA) is 112 Å². The highest BCUT2D eigenvalue weighted by Crippen LogP contribution is 2.36. The molecule has 43 heavy (non-hydrogen) atoms. The molecule has 0 bridgehead atoms. The van der Waals surface area contributed by atoms with Crippen LogP contribution in [0.4, 0.5) is 23.8 Å². The highest BCUT2D eigenvalue weighted by molar-refractivity contribution is 5.95. The maximum atomic E-state index is 13.1. The second-order valence-electron chi connectivity index (χ2n) is 10.6. The fourth-order valence-electron chi connectivity index (χ4n) is 5.43. The van der Waals surface area contributed by atoms with Gasteiger partial charge in [-0.05, 0) is 43.2 Å². The Labute approximate surface area is 248 Å². The van der Waals surface area contributed by atoms with E-state index in [1.54, 1.807) is 24.3 Å². The summed E-state index contributed by atoms with van der Waals surface area (Å²) in [6.07, 6.45) is -2.33. The number of alkyl halides is 3. The number of aromatic nitrogens is 2. The van der Waals surface area contributed by atoms with Crippen molar-refractivity contribution in [3.8, 4) is 5.75 Å². The van der Waals surface area contributed by atoms with Crippen LogP contribution >= 0.6 is 0 Å². The Bertz CT molecular complexity index is 1460. The Morgan fingerprint density at radius 2 is 1.93 bits per heavy atom. The van der Waals surface area contributed by atoms with Crippen molar-refractivity contribution < 1.29 is 37.0 Å². The zero-order valence-corrected chi connectivity index (χ0v) is 24.9. The maximum absolute atomic E-state index is 13.1. The number of piperazine rings is 1. The lowest BCUT2D eigenvalue weighted by Gasteiger charge is -2.41. The molecule has 0 spiro atoms. The third kappa shape index (κ3) is 7.39.